The van der Waals surface area contributed by atoms with Crippen molar-refractivity contribution in [3.63, 3.8) is 0 Å². The first-order chi connectivity index (χ1) is 17.2. The van der Waals surface area contributed by atoms with Gasteiger partial charge in [0.1, 0.15) is 36.2 Å². The van der Waals surface area contributed by atoms with E-state index >= 15 is 0 Å². The van der Waals surface area contributed by atoms with Crippen LogP contribution in [0.3, 0.4) is 0 Å². The molecular formula is C25H17F2I2N3O4. The lowest BCUT2D eigenvalue weighted by Crippen LogP contribution is -2.38. The lowest BCUT2D eigenvalue weighted by Gasteiger charge is -2.12. The number of para-hydroxylation sites is 1. The van der Waals surface area contributed by atoms with Crippen LogP contribution in [0.15, 0.2) is 66.4 Å². The van der Waals surface area contributed by atoms with E-state index in [1.54, 1.807) is 36.4 Å². The third-order valence-corrected chi connectivity index (χ3v) is 6.68. The highest BCUT2D eigenvalue weighted by Crippen LogP contribution is 2.31. The molecule has 3 aromatic carbocycles. The Kier molecular flexibility index (Phi) is 8.18. The lowest BCUT2D eigenvalue weighted by atomic mass is 10.2. The van der Waals surface area contributed by atoms with Gasteiger partial charge in [-0.1, -0.05) is 30.3 Å². The van der Waals surface area contributed by atoms with E-state index in [2.05, 4.69) is 55.8 Å². The quantitative estimate of drug-likeness (QED) is 0.198. The number of rotatable bonds is 7. The molecular weight excluding hydrogens is 698 g/mol. The molecule has 0 bridgehead atoms. The molecule has 0 spiro atoms. The van der Waals surface area contributed by atoms with Crippen LogP contribution in [0.4, 0.5) is 19.3 Å². The summed E-state index contributed by atoms with van der Waals surface area (Å²) >= 11 is 4.15. The number of nitrogens with one attached hydrogen (secondary N) is 2. The van der Waals surface area contributed by atoms with Crippen molar-refractivity contribution in [2.75, 3.05) is 11.9 Å². The molecule has 184 valence electrons. The van der Waals surface area contributed by atoms with Gasteiger partial charge in [0.05, 0.1) is 12.8 Å². The molecule has 36 heavy (non-hydrogen) atoms. The Hall–Kier alpha value is -3.07. The zero-order valence-electron chi connectivity index (χ0n) is 18.4. The van der Waals surface area contributed by atoms with Crippen LogP contribution in [0.1, 0.15) is 11.1 Å². The summed E-state index contributed by atoms with van der Waals surface area (Å²) in [6.07, 6.45) is 1.49. The number of carbonyl (C=O) groups is 3. The van der Waals surface area contributed by atoms with E-state index in [9.17, 15) is 23.2 Å². The molecule has 0 unspecified atom stereocenters. The predicted octanol–water partition coefficient (Wildman–Crippen LogP) is 5.28. The van der Waals surface area contributed by atoms with E-state index in [1.807, 2.05) is 0 Å². The molecule has 0 aliphatic carbocycles. The fourth-order valence-corrected chi connectivity index (χ4v) is 5.47. The van der Waals surface area contributed by atoms with Gasteiger partial charge in [-0.15, -0.1) is 0 Å². The molecule has 1 fully saturated rings. The first-order valence-corrected chi connectivity index (χ1v) is 12.6. The highest BCUT2D eigenvalue weighted by molar-refractivity contribution is 14.1. The average Bonchev–Trinajstić information content (AvgIpc) is 3.08. The molecule has 7 nitrogen and oxygen atoms in total. The third-order valence-electron chi connectivity index (χ3n) is 5.07. The van der Waals surface area contributed by atoms with Gasteiger partial charge in [-0.2, -0.15) is 0 Å². The molecule has 0 aromatic heterocycles. The second-order valence-electron chi connectivity index (χ2n) is 7.60. The minimum Gasteiger partial charge on any atom is -0.487 e. The van der Waals surface area contributed by atoms with Gasteiger partial charge in [0.25, 0.3) is 5.91 Å². The summed E-state index contributed by atoms with van der Waals surface area (Å²) in [6, 6.07) is 14.7. The van der Waals surface area contributed by atoms with Gasteiger partial charge in [-0.3, -0.25) is 9.59 Å². The second-order valence-corrected chi connectivity index (χ2v) is 9.93. The molecule has 3 aromatic rings. The van der Waals surface area contributed by atoms with Crippen molar-refractivity contribution in [1.82, 2.24) is 10.2 Å². The molecule has 4 amide bonds. The predicted molar refractivity (Wildman–Crippen MR) is 146 cm³/mol. The summed E-state index contributed by atoms with van der Waals surface area (Å²) in [7, 11) is 0. The number of amides is 4. The molecule has 1 aliphatic heterocycles. The number of anilines is 1. The third kappa shape index (κ3) is 6.00. The maximum Gasteiger partial charge on any atom is 0.329 e. The molecule has 11 heteroatoms. The van der Waals surface area contributed by atoms with Crippen molar-refractivity contribution < 1.29 is 27.9 Å². The van der Waals surface area contributed by atoms with Crippen LogP contribution in [0, 0.1) is 18.8 Å². The lowest BCUT2D eigenvalue weighted by molar-refractivity contribution is -0.127. The number of hydrogen-bond donors (Lipinski definition) is 2. The van der Waals surface area contributed by atoms with Crippen molar-refractivity contribution in [2.24, 2.45) is 0 Å². The smallest absolute Gasteiger partial charge is 0.329 e. The fraction of sp³-hybridized carbons (Fsp3) is 0.0800. The number of benzene rings is 3. The van der Waals surface area contributed by atoms with E-state index < -0.39 is 30.2 Å². The number of imide groups is 1. The normalized spacial score (nSPS) is 14.2. The molecule has 1 aliphatic rings. The Morgan fingerprint density at radius 2 is 1.64 bits per heavy atom. The first kappa shape index (κ1) is 26.0. The summed E-state index contributed by atoms with van der Waals surface area (Å²) in [5.41, 5.74) is 0.981. The monoisotopic (exact) mass is 715 g/mol. The van der Waals surface area contributed by atoms with Crippen LogP contribution in [0.5, 0.6) is 5.75 Å². The van der Waals surface area contributed by atoms with Gasteiger partial charge < -0.3 is 15.4 Å². The number of ether oxygens (including phenoxy) is 1. The van der Waals surface area contributed by atoms with Crippen LogP contribution in [0.2, 0.25) is 0 Å². The van der Waals surface area contributed by atoms with Gasteiger partial charge in [-0.05, 0) is 87.2 Å². The topological polar surface area (TPSA) is 87.7 Å². The Morgan fingerprint density at radius 3 is 2.31 bits per heavy atom. The molecule has 0 atom stereocenters. The zero-order valence-corrected chi connectivity index (χ0v) is 22.7. The average molecular weight is 715 g/mol. The van der Waals surface area contributed by atoms with Gasteiger partial charge in [0.2, 0.25) is 5.91 Å². The van der Waals surface area contributed by atoms with E-state index in [0.717, 1.165) is 12.0 Å². The van der Waals surface area contributed by atoms with E-state index in [-0.39, 0.29) is 23.8 Å². The Bertz CT molecular complexity index is 1370. The summed E-state index contributed by atoms with van der Waals surface area (Å²) in [5, 5.41) is 4.80. The van der Waals surface area contributed by atoms with E-state index in [0.29, 0.717) is 16.9 Å². The highest BCUT2D eigenvalue weighted by Gasteiger charge is 2.35. The van der Waals surface area contributed by atoms with Crippen molar-refractivity contribution in [3.05, 3.63) is 96.3 Å². The molecule has 1 heterocycles. The first-order valence-electron chi connectivity index (χ1n) is 10.5. The van der Waals surface area contributed by atoms with Crippen molar-refractivity contribution in [3.8, 4) is 5.75 Å². The van der Waals surface area contributed by atoms with E-state index in [4.69, 9.17) is 4.74 Å². The summed E-state index contributed by atoms with van der Waals surface area (Å²) in [4.78, 5) is 38.1. The molecule has 0 radical (unpaired) electrons. The summed E-state index contributed by atoms with van der Waals surface area (Å²) in [5.74, 6) is -1.82. The molecule has 0 saturated carbocycles. The largest absolute Gasteiger partial charge is 0.487 e. The number of urea groups is 1. The number of hydrogen-bond acceptors (Lipinski definition) is 4. The van der Waals surface area contributed by atoms with Gasteiger partial charge >= 0.3 is 6.03 Å². The molecule has 2 N–H and O–H groups in total. The number of carbonyl (C=O) groups excluding carboxylic acids is 3. The maximum atomic E-state index is 13.9. The summed E-state index contributed by atoms with van der Waals surface area (Å²) < 4.78 is 34.9. The maximum absolute atomic E-state index is 13.9. The van der Waals surface area contributed by atoms with Crippen LogP contribution in [-0.2, 0) is 16.2 Å². The van der Waals surface area contributed by atoms with Gasteiger partial charge in [0.15, 0.2) is 0 Å². The second kappa shape index (κ2) is 11.3. The zero-order chi connectivity index (χ0) is 25.8. The van der Waals surface area contributed by atoms with Crippen molar-refractivity contribution in [1.29, 1.82) is 0 Å². The minimum absolute atomic E-state index is 0.00897. The Balaban J connectivity index is 1.45. The SMILES string of the molecule is O=C(CN1C(=O)N/C(=C/c2cc(I)c(OCc3ccccc3F)c(I)c2)C1=O)Nc1ccccc1F. The van der Waals surface area contributed by atoms with Crippen LogP contribution >= 0.6 is 45.2 Å². The fourth-order valence-electron chi connectivity index (χ4n) is 3.34. The van der Waals surface area contributed by atoms with Crippen LogP contribution < -0.4 is 15.4 Å². The van der Waals surface area contributed by atoms with Crippen molar-refractivity contribution in [2.45, 2.75) is 6.61 Å². The van der Waals surface area contributed by atoms with E-state index in [1.165, 1.54) is 30.3 Å². The standard InChI is InChI=1S/C25H17F2I2N3O4/c26-16-6-2-1-5-15(16)13-36-23-18(28)9-14(10-19(23)29)11-21-24(34)32(25(35)31-21)12-22(33)30-20-8-4-3-7-17(20)27/h1-11H,12-13H2,(H,30,33)(H,31,35)/b21-11+. The Morgan fingerprint density at radius 1 is 1.00 bits per heavy atom. The van der Waals surface area contributed by atoms with Crippen LogP contribution in [-0.4, -0.2) is 29.3 Å². The van der Waals surface area contributed by atoms with Crippen LogP contribution in [0.25, 0.3) is 6.08 Å². The highest BCUT2D eigenvalue weighted by atomic mass is 127. The number of halogens is 4. The molecule has 4 rings (SSSR count). The summed E-state index contributed by atoms with van der Waals surface area (Å²) in [6.45, 7) is -0.522. The Labute approximate surface area is 232 Å². The molecule has 1 saturated heterocycles. The van der Waals surface area contributed by atoms with Gasteiger partial charge in [-0.25, -0.2) is 18.5 Å². The number of nitrogens with zero attached hydrogens (tertiary/aromatic N) is 1. The van der Waals surface area contributed by atoms with Gasteiger partial charge in [0, 0.05) is 5.56 Å². The van der Waals surface area contributed by atoms with Crippen molar-refractivity contribution >= 4 is 74.8 Å². The minimum atomic E-state index is -0.760.